The fourth-order valence-electron chi connectivity index (χ4n) is 1.08. The molecule has 0 bridgehead atoms. The highest BCUT2D eigenvalue weighted by molar-refractivity contribution is 6.17. The van der Waals surface area contributed by atoms with Crippen LogP contribution in [-0.2, 0) is 4.74 Å². The molecule has 1 aromatic rings. The molecule has 0 aliphatic heterocycles. The Balaban J connectivity index is 2.20. The van der Waals surface area contributed by atoms with Gasteiger partial charge in [0.25, 0.3) is 5.91 Å². The van der Waals surface area contributed by atoms with E-state index in [9.17, 15) is 4.79 Å². The maximum atomic E-state index is 11.5. The van der Waals surface area contributed by atoms with Crippen molar-refractivity contribution in [2.75, 3.05) is 25.6 Å². The van der Waals surface area contributed by atoms with Gasteiger partial charge in [-0.15, -0.1) is 11.6 Å². The number of alkyl halides is 1. The summed E-state index contributed by atoms with van der Waals surface area (Å²) in [5.74, 6) is 0.400. The van der Waals surface area contributed by atoms with Crippen LogP contribution in [0.4, 0.5) is 0 Å². The lowest BCUT2D eigenvalue weighted by molar-refractivity contribution is 0.0923. The second-order valence-electron chi connectivity index (χ2n) is 2.92. The van der Waals surface area contributed by atoms with Gasteiger partial charge in [-0.05, 0) is 12.1 Å². The number of ether oxygens (including phenoxy) is 1. The first-order valence-corrected chi connectivity index (χ1v) is 5.35. The Labute approximate surface area is 94.4 Å². The van der Waals surface area contributed by atoms with Crippen molar-refractivity contribution in [1.29, 1.82) is 0 Å². The number of hydrogen-bond acceptors (Lipinski definition) is 2. The van der Waals surface area contributed by atoms with Gasteiger partial charge in [-0.2, -0.15) is 0 Å². The van der Waals surface area contributed by atoms with Crippen LogP contribution < -0.4 is 5.32 Å². The molecule has 1 aromatic carbocycles. The zero-order valence-corrected chi connectivity index (χ0v) is 9.17. The number of carbonyl (C=O) groups excluding carboxylic acids is 1. The van der Waals surface area contributed by atoms with Gasteiger partial charge in [-0.3, -0.25) is 4.79 Å². The summed E-state index contributed by atoms with van der Waals surface area (Å²) in [6.45, 7) is 1.51. The molecule has 82 valence electrons. The fourth-order valence-corrected chi connectivity index (χ4v) is 1.19. The topological polar surface area (TPSA) is 38.3 Å². The maximum Gasteiger partial charge on any atom is 0.251 e. The van der Waals surface area contributed by atoms with Crippen molar-refractivity contribution in [3.8, 4) is 0 Å². The van der Waals surface area contributed by atoms with Crippen LogP contribution in [-0.4, -0.2) is 31.5 Å². The van der Waals surface area contributed by atoms with Crippen LogP contribution in [0.2, 0.25) is 0 Å². The Kier molecular flexibility index (Phi) is 5.81. The van der Waals surface area contributed by atoms with E-state index in [0.29, 0.717) is 31.2 Å². The Morgan fingerprint density at radius 3 is 2.67 bits per heavy atom. The summed E-state index contributed by atoms with van der Waals surface area (Å²) in [5, 5.41) is 2.75. The normalized spacial score (nSPS) is 9.93. The lowest BCUT2D eigenvalue weighted by Gasteiger charge is -2.05. The Bertz CT molecular complexity index is 290. The van der Waals surface area contributed by atoms with Crippen LogP contribution in [0.5, 0.6) is 0 Å². The molecule has 0 saturated heterocycles. The van der Waals surface area contributed by atoms with Gasteiger partial charge in [0.05, 0.1) is 13.2 Å². The van der Waals surface area contributed by atoms with Crippen molar-refractivity contribution in [3.63, 3.8) is 0 Å². The molecule has 0 saturated carbocycles. The van der Waals surface area contributed by atoms with Crippen molar-refractivity contribution < 1.29 is 9.53 Å². The molecule has 1 amide bonds. The highest BCUT2D eigenvalue weighted by Gasteiger charge is 2.02. The average Bonchev–Trinajstić information content (AvgIpc) is 2.30. The molecule has 1 rings (SSSR count). The summed E-state index contributed by atoms with van der Waals surface area (Å²) >= 11 is 5.43. The first-order valence-electron chi connectivity index (χ1n) is 4.81. The van der Waals surface area contributed by atoms with Crippen LogP contribution in [0.15, 0.2) is 30.3 Å². The smallest absolute Gasteiger partial charge is 0.251 e. The van der Waals surface area contributed by atoms with Crippen molar-refractivity contribution in [2.24, 2.45) is 0 Å². The van der Waals surface area contributed by atoms with Crippen LogP contribution in [0.3, 0.4) is 0 Å². The average molecular weight is 228 g/mol. The molecule has 4 heteroatoms. The van der Waals surface area contributed by atoms with Crippen LogP contribution in [0.1, 0.15) is 10.4 Å². The van der Waals surface area contributed by atoms with E-state index in [0.717, 1.165) is 0 Å². The number of hydrogen-bond donors (Lipinski definition) is 1. The lowest BCUT2D eigenvalue weighted by Crippen LogP contribution is -2.27. The molecule has 0 fully saturated rings. The van der Waals surface area contributed by atoms with E-state index in [1.54, 1.807) is 12.1 Å². The van der Waals surface area contributed by atoms with Crippen LogP contribution >= 0.6 is 11.6 Å². The van der Waals surface area contributed by atoms with E-state index in [1.807, 2.05) is 18.2 Å². The van der Waals surface area contributed by atoms with Gasteiger partial charge in [0, 0.05) is 18.0 Å². The second kappa shape index (κ2) is 7.26. The van der Waals surface area contributed by atoms with Crippen molar-refractivity contribution in [2.45, 2.75) is 0 Å². The number of amides is 1. The molecular weight excluding hydrogens is 214 g/mol. The Morgan fingerprint density at radius 2 is 2.00 bits per heavy atom. The SMILES string of the molecule is O=C(NCCOCCCl)c1ccccc1. The van der Waals surface area contributed by atoms with Crippen LogP contribution in [0.25, 0.3) is 0 Å². The molecule has 0 heterocycles. The highest BCUT2D eigenvalue weighted by atomic mass is 35.5. The van der Waals surface area contributed by atoms with Gasteiger partial charge in [-0.1, -0.05) is 18.2 Å². The Morgan fingerprint density at radius 1 is 1.27 bits per heavy atom. The van der Waals surface area contributed by atoms with Gasteiger partial charge < -0.3 is 10.1 Å². The fraction of sp³-hybridized carbons (Fsp3) is 0.364. The molecule has 0 spiro atoms. The minimum Gasteiger partial charge on any atom is -0.378 e. The zero-order valence-electron chi connectivity index (χ0n) is 8.41. The van der Waals surface area contributed by atoms with Gasteiger partial charge in [0.1, 0.15) is 0 Å². The third kappa shape index (κ3) is 4.81. The third-order valence-electron chi connectivity index (χ3n) is 1.79. The summed E-state index contributed by atoms with van der Waals surface area (Å²) < 4.78 is 5.12. The standard InChI is InChI=1S/C11H14ClNO2/c12-6-8-15-9-7-13-11(14)10-4-2-1-3-5-10/h1-5H,6-9H2,(H,13,14). The Hall–Kier alpha value is -1.06. The number of rotatable bonds is 6. The minimum atomic E-state index is -0.0786. The van der Waals surface area contributed by atoms with E-state index in [1.165, 1.54) is 0 Å². The number of halogens is 1. The summed E-state index contributed by atoms with van der Waals surface area (Å²) in [5.41, 5.74) is 0.662. The van der Waals surface area contributed by atoms with E-state index < -0.39 is 0 Å². The quantitative estimate of drug-likeness (QED) is 0.593. The number of carbonyl (C=O) groups is 1. The van der Waals surface area contributed by atoms with Crippen molar-refractivity contribution in [3.05, 3.63) is 35.9 Å². The molecule has 0 aromatic heterocycles. The summed E-state index contributed by atoms with van der Waals surface area (Å²) in [7, 11) is 0. The largest absolute Gasteiger partial charge is 0.378 e. The monoisotopic (exact) mass is 227 g/mol. The minimum absolute atomic E-state index is 0.0786. The molecule has 0 atom stereocenters. The molecule has 15 heavy (non-hydrogen) atoms. The van der Waals surface area contributed by atoms with E-state index >= 15 is 0 Å². The van der Waals surface area contributed by atoms with Gasteiger partial charge in [0.2, 0.25) is 0 Å². The lowest BCUT2D eigenvalue weighted by atomic mass is 10.2. The van der Waals surface area contributed by atoms with Gasteiger partial charge >= 0.3 is 0 Å². The third-order valence-corrected chi connectivity index (χ3v) is 1.94. The van der Waals surface area contributed by atoms with Gasteiger partial charge in [0.15, 0.2) is 0 Å². The van der Waals surface area contributed by atoms with Crippen molar-refractivity contribution in [1.82, 2.24) is 5.32 Å². The number of benzene rings is 1. The molecule has 0 unspecified atom stereocenters. The molecule has 0 radical (unpaired) electrons. The summed E-state index contributed by atoms with van der Waals surface area (Å²) in [6.07, 6.45) is 0. The number of nitrogens with one attached hydrogen (secondary N) is 1. The first-order chi connectivity index (χ1) is 7.34. The first kappa shape index (κ1) is 12.0. The maximum absolute atomic E-state index is 11.5. The predicted octanol–water partition coefficient (Wildman–Crippen LogP) is 1.67. The molecule has 0 aliphatic carbocycles. The zero-order chi connectivity index (χ0) is 10.9. The molecular formula is C11H14ClNO2. The van der Waals surface area contributed by atoms with E-state index in [4.69, 9.17) is 16.3 Å². The van der Waals surface area contributed by atoms with E-state index in [2.05, 4.69) is 5.32 Å². The van der Waals surface area contributed by atoms with Gasteiger partial charge in [-0.25, -0.2) is 0 Å². The summed E-state index contributed by atoms with van der Waals surface area (Å²) in [6, 6.07) is 9.09. The molecule has 1 N–H and O–H groups in total. The molecule has 3 nitrogen and oxygen atoms in total. The second-order valence-corrected chi connectivity index (χ2v) is 3.30. The van der Waals surface area contributed by atoms with Crippen LogP contribution in [0, 0.1) is 0 Å². The van der Waals surface area contributed by atoms with E-state index in [-0.39, 0.29) is 5.91 Å². The summed E-state index contributed by atoms with van der Waals surface area (Å²) in [4.78, 5) is 11.5. The predicted molar refractivity (Wildman–Crippen MR) is 60.3 cm³/mol. The highest BCUT2D eigenvalue weighted by Crippen LogP contribution is 1.97. The van der Waals surface area contributed by atoms with Crippen molar-refractivity contribution >= 4 is 17.5 Å². The molecule has 0 aliphatic rings.